The molecule has 3 heteroatoms. The number of halogens is 1. The zero-order valence-corrected chi connectivity index (χ0v) is 13.3. The van der Waals surface area contributed by atoms with Crippen LogP contribution in [0.5, 0.6) is 0 Å². The molecule has 1 aromatic carbocycles. The molecule has 1 heterocycles. The van der Waals surface area contributed by atoms with E-state index in [0.717, 1.165) is 47.4 Å². The van der Waals surface area contributed by atoms with Gasteiger partial charge < -0.3 is 9.73 Å². The standard InChI is InChI=1S/C18H24FNO/c1-5-8-20-18(15-7-9-21-16(15)6-2)17-12(3)10-14(19)11-13(17)4/h7,9-11,18,20H,5-6,8H2,1-4H3. The lowest BCUT2D eigenvalue weighted by atomic mass is 9.90. The summed E-state index contributed by atoms with van der Waals surface area (Å²) in [6.45, 7) is 9.08. The van der Waals surface area contributed by atoms with E-state index >= 15 is 0 Å². The number of nitrogens with one attached hydrogen (secondary N) is 1. The summed E-state index contributed by atoms with van der Waals surface area (Å²) < 4.78 is 19.2. The molecular weight excluding hydrogens is 265 g/mol. The molecule has 0 spiro atoms. The van der Waals surface area contributed by atoms with Gasteiger partial charge in [-0.2, -0.15) is 0 Å². The second kappa shape index (κ2) is 6.90. The molecule has 0 bridgehead atoms. The van der Waals surface area contributed by atoms with Gasteiger partial charge in [0.05, 0.1) is 12.3 Å². The molecule has 1 aromatic heterocycles. The average Bonchev–Trinajstić information content (AvgIpc) is 2.89. The lowest BCUT2D eigenvalue weighted by Crippen LogP contribution is -2.25. The maximum absolute atomic E-state index is 13.6. The highest BCUT2D eigenvalue weighted by atomic mass is 19.1. The van der Waals surface area contributed by atoms with E-state index in [4.69, 9.17) is 4.42 Å². The van der Waals surface area contributed by atoms with Crippen LogP contribution in [0.25, 0.3) is 0 Å². The van der Waals surface area contributed by atoms with Gasteiger partial charge in [-0.15, -0.1) is 0 Å². The summed E-state index contributed by atoms with van der Waals surface area (Å²) in [5.41, 5.74) is 4.26. The molecule has 1 unspecified atom stereocenters. The smallest absolute Gasteiger partial charge is 0.123 e. The number of rotatable bonds is 6. The van der Waals surface area contributed by atoms with Crippen LogP contribution in [-0.4, -0.2) is 6.54 Å². The highest BCUT2D eigenvalue weighted by molar-refractivity contribution is 5.43. The molecule has 0 saturated carbocycles. The fourth-order valence-corrected chi connectivity index (χ4v) is 2.93. The van der Waals surface area contributed by atoms with E-state index in [-0.39, 0.29) is 11.9 Å². The first-order valence-corrected chi connectivity index (χ1v) is 7.64. The van der Waals surface area contributed by atoms with Crippen LogP contribution in [0.1, 0.15) is 54.3 Å². The van der Waals surface area contributed by atoms with Crippen molar-refractivity contribution >= 4 is 0 Å². The third kappa shape index (κ3) is 3.35. The molecule has 2 rings (SSSR count). The van der Waals surface area contributed by atoms with Gasteiger partial charge in [0.2, 0.25) is 0 Å². The molecule has 1 N–H and O–H groups in total. The van der Waals surface area contributed by atoms with Gasteiger partial charge in [0, 0.05) is 12.0 Å². The summed E-state index contributed by atoms with van der Waals surface area (Å²) in [6, 6.07) is 5.29. The minimum absolute atomic E-state index is 0.0549. The van der Waals surface area contributed by atoms with Gasteiger partial charge in [0.25, 0.3) is 0 Å². The third-order valence-corrected chi connectivity index (χ3v) is 3.86. The van der Waals surface area contributed by atoms with Crippen molar-refractivity contribution in [2.45, 2.75) is 46.6 Å². The van der Waals surface area contributed by atoms with Gasteiger partial charge in [0.1, 0.15) is 11.6 Å². The SMILES string of the molecule is CCCNC(c1ccoc1CC)c1c(C)cc(F)cc1C. The maximum Gasteiger partial charge on any atom is 0.123 e. The third-order valence-electron chi connectivity index (χ3n) is 3.86. The fraction of sp³-hybridized carbons (Fsp3) is 0.444. The van der Waals surface area contributed by atoms with E-state index in [1.54, 1.807) is 18.4 Å². The lowest BCUT2D eigenvalue weighted by Gasteiger charge is -2.23. The predicted octanol–water partition coefficient (Wildman–Crippen LogP) is 4.69. The number of benzene rings is 1. The molecule has 0 fully saturated rings. The number of furan rings is 1. The Morgan fingerprint density at radius 1 is 1.19 bits per heavy atom. The highest BCUT2D eigenvalue weighted by Gasteiger charge is 2.22. The van der Waals surface area contributed by atoms with Gasteiger partial charge in [-0.25, -0.2) is 4.39 Å². The van der Waals surface area contributed by atoms with E-state index < -0.39 is 0 Å². The highest BCUT2D eigenvalue weighted by Crippen LogP contribution is 2.31. The van der Waals surface area contributed by atoms with E-state index in [1.165, 1.54) is 0 Å². The Bertz CT molecular complexity index is 580. The van der Waals surface area contributed by atoms with Gasteiger partial charge in [-0.05, 0) is 61.7 Å². The molecule has 21 heavy (non-hydrogen) atoms. The molecular formula is C18H24FNO. The second-order valence-corrected chi connectivity index (χ2v) is 5.49. The Hall–Kier alpha value is -1.61. The first-order chi connectivity index (χ1) is 10.1. The van der Waals surface area contributed by atoms with Crippen molar-refractivity contribution in [1.82, 2.24) is 5.32 Å². The molecule has 114 valence electrons. The van der Waals surface area contributed by atoms with Crippen molar-refractivity contribution in [2.75, 3.05) is 6.54 Å². The van der Waals surface area contributed by atoms with E-state index in [2.05, 4.69) is 19.2 Å². The Morgan fingerprint density at radius 2 is 1.86 bits per heavy atom. The summed E-state index contributed by atoms with van der Waals surface area (Å²) in [6.07, 6.45) is 3.64. The van der Waals surface area contributed by atoms with Crippen LogP contribution in [0, 0.1) is 19.7 Å². The Balaban J connectivity index is 2.51. The van der Waals surface area contributed by atoms with Gasteiger partial charge in [-0.1, -0.05) is 13.8 Å². The molecule has 2 aromatic rings. The van der Waals surface area contributed by atoms with Crippen molar-refractivity contribution in [1.29, 1.82) is 0 Å². The first kappa shape index (κ1) is 15.8. The van der Waals surface area contributed by atoms with Crippen LogP contribution in [-0.2, 0) is 6.42 Å². The fourth-order valence-electron chi connectivity index (χ4n) is 2.93. The summed E-state index contributed by atoms with van der Waals surface area (Å²) in [5, 5.41) is 3.58. The van der Waals surface area contributed by atoms with Gasteiger partial charge >= 0.3 is 0 Å². The van der Waals surface area contributed by atoms with Crippen LogP contribution in [0.2, 0.25) is 0 Å². The average molecular weight is 289 g/mol. The molecule has 0 radical (unpaired) electrons. The van der Waals surface area contributed by atoms with E-state index in [1.807, 2.05) is 19.9 Å². The summed E-state index contributed by atoms with van der Waals surface area (Å²) in [4.78, 5) is 0. The van der Waals surface area contributed by atoms with Crippen LogP contribution < -0.4 is 5.32 Å². The zero-order chi connectivity index (χ0) is 15.4. The predicted molar refractivity (Wildman–Crippen MR) is 84.1 cm³/mol. The number of hydrogen-bond acceptors (Lipinski definition) is 2. The van der Waals surface area contributed by atoms with Crippen molar-refractivity contribution in [3.8, 4) is 0 Å². The largest absolute Gasteiger partial charge is 0.469 e. The molecule has 0 saturated heterocycles. The lowest BCUT2D eigenvalue weighted by molar-refractivity contribution is 0.499. The molecule has 0 aliphatic heterocycles. The normalized spacial score (nSPS) is 12.6. The topological polar surface area (TPSA) is 25.2 Å². The quantitative estimate of drug-likeness (QED) is 0.834. The number of aryl methyl sites for hydroxylation is 3. The van der Waals surface area contributed by atoms with Crippen LogP contribution in [0.15, 0.2) is 28.9 Å². The summed E-state index contributed by atoms with van der Waals surface area (Å²) in [5.74, 6) is 0.817. The molecule has 0 amide bonds. The van der Waals surface area contributed by atoms with Crippen LogP contribution in [0.4, 0.5) is 4.39 Å². The van der Waals surface area contributed by atoms with Crippen LogP contribution in [0.3, 0.4) is 0 Å². The molecule has 0 aliphatic carbocycles. The van der Waals surface area contributed by atoms with E-state index in [9.17, 15) is 4.39 Å². The van der Waals surface area contributed by atoms with Crippen molar-refractivity contribution in [2.24, 2.45) is 0 Å². The Kier molecular flexibility index (Phi) is 5.18. The molecule has 2 nitrogen and oxygen atoms in total. The summed E-state index contributed by atoms with van der Waals surface area (Å²) >= 11 is 0. The Labute approximate surface area is 126 Å². The maximum atomic E-state index is 13.6. The summed E-state index contributed by atoms with van der Waals surface area (Å²) in [7, 11) is 0. The monoisotopic (exact) mass is 289 g/mol. The van der Waals surface area contributed by atoms with Crippen molar-refractivity contribution in [3.05, 3.63) is 58.3 Å². The minimum Gasteiger partial charge on any atom is -0.469 e. The van der Waals surface area contributed by atoms with Gasteiger partial charge in [-0.3, -0.25) is 0 Å². The van der Waals surface area contributed by atoms with Gasteiger partial charge in [0.15, 0.2) is 0 Å². The first-order valence-electron chi connectivity index (χ1n) is 7.64. The molecule has 1 atom stereocenters. The Morgan fingerprint density at radius 3 is 2.43 bits per heavy atom. The van der Waals surface area contributed by atoms with Crippen molar-refractivity contribution in [3.63, 3.8) is 0 Å². The van der Waals surface area contributed by atoms with E-state index in [0.29, 0.717) is 0 Å². The molecule has 0 aliphatic rings. The zero-order valence-electron chi connectivity index (χ0n) is 13.3. The number of hydrogen-bond donors (Lipinski definition) is 1. The van der Waals surface area contributed by atoms with Crippen molar-refractivity contribution < 1.29 is 8.81 Å². The minimum atomic E-state index is -0.175. The van der Waals surface area contributed by atoms with Crippen LogP contribution >= 0.6 is 0 Å². The second-order valence-electron chi connectivity index (χ2n) is 5.49.